The van der Waals surface area contributed by atoms with E-state index in [2.05, 4.69) is 40.5 Å². The lowest BCUT2D eigenvalue weighted by molar-refractivity contribution is 0.0763. The third-order valence-corrected chi connectivity index (χ3v) is 5.83. The van der Waals surface area contributed by atoms with E-state index in [-0.39, 0.29) is 12.0 Å². The fourth-order valence-electron chi connectivity index (χ4n) is 3.39. The van der Waals surface area contributed by atoms with E-state index in [1.807, 2.05) is 54.7 Å². The number of fused-ring (bicyclic) bond motifs is 1. The van der Waals surface area contributed by atoms with Crippen molar-refractivity contribution in [3.05, 3.63) is 95.0 Å². The molecule has 0 saturated carbocycles. The number of aromatic nitrogens is 1. The lowest BCUT2D eigenvalue weighted by Crippen LogP contribution is -2.08. The van der Waals surface area contributed by atoms with Crippen LogP contribution in [0, 0.1) is 0 Å². The normalized spacial score (nSPS) is 18.3. The Bertz CT molecular complexity index is 1070. The van der Waals surface area contributed by atoms with Gasteiger partial charge < -0.3 is 9.57 Å². The van der Waals surface area contributed by atoms with Crippen LogP contribution in [0.5, 0.6) is 5.75 Å². The van der Waals surface area contributed by atoms with Gasteiger partial charge in [0.05, 0.1) is 22.3 Å². The Kier molecular flexibility index (Phi) is 4.51. The molecule has 3 aromatic carbocycles. The molecule has 0 aliphatic carbocycles. The van der Waals surface area contributed by atoms with Crippen LogP contribution in [0.25, 0.3) is 10.2 Å². The first kappa shape index (κ1) is 17.0. The first-order valence-electron chi connectivity index (χ1n) is 9.18. The summed E-state index contributed by atoms with van der Waals surface area (Å²) in [4.78, 5) is 10.2. The highest BCUT2D eigenvalue weighted by Gasteiger charge is 2.29. The molecule has 1 aliphatic rings. The van der Waals surface area contributed by atoms with Gasteiger partial charge in [0, 0.05) is 0 Å². The van der Waals surface area contributed by atoms with E-state index in [0.717, 1.165) is 27.4 Å². The predicted octanol–water partition coefficient (Wildman–Crippen LogP) is 5.72. The summed E-state index contributed by atoms with van der Waals surface area (Å²) in [5, 5.41) is 5.03. The Morgan fingerprint density at radius 2 is 1.64 bits per heavy atom. The van der Waals surface area contributed by atoms with Gasteiger partial charge in [-0.3, -0.25) is 0 Å². The van der Waals surface area contributed by atoms with Crippen molar-refractivity contribution in [1.82, 2.24) is 4.98 Å². The summed E-state index contributed by atoms with van der Waals surface area (Å²) in [6.45, 7) is 0.472. The van der Waals surface area contributed by atoms with Gasteiger partial charge in [-0.1, -0.05) is 59.8 Å². The number of benzene rings is 3. The number of hydrogen-bond acceptors (Lipinski definition) is 5. The van der Waals surface area contributed by atoms with E-state index in [4.69, 9.17) is 9.57 Å². The minimum Gasteiger partial charge on any atom is -0.486 e. The fourth-order valence-corrected chi connectivity index (χ4v) is 4.28. The molecule has 0 N–H and O–H groups in total. The third kappa shape index (κ3) is 3.37. The summed E-state index contributed by atoms with van der Waals surface area (Å²) in [5.74, 6) is 0.927. The molecule has 2 unspecified atom stereocenters. The Balaban J connectivity index is 1.28. The summed E-state index contributed by atoms with van der Waals surface area (Å²) < 4.78 is 7.12. The number of oxime groups is 1. The molecule has 138 valence electrons. The van der Waals surface area contributed by atoms with Gasteiger partial charge in [-0.05, 0) is 35.4 Å². The van der Waals surface area contributed by atoms with Gasteiger partial charge in [0.25, 0.3) is 0 Å². The van der Waals surface area contributed by atoms with Crippen LogP contribution in [0.3, 0.4) is 0 Å². The van der Waals surface area contributed by atoms with Crippen molar-refractivity contribution in [2.75, 3.05) is 0 Å². The van der Waals surface area contributed by atoms with Crippen LogP contribution in [0.15, 0.2) is 84.0 Å². The van der Waals surface area contributed by atoms with Crippen LogP contribution in [0.4, 0.5) is 0 Å². The van der Waals surface area contributed by atoms with Crippen LogP contribution in [0.1, 0.15) is 28.2 Å². The average molecular weight is 386 g/mol. The zero-order chi connectivity index (χ0) is 18.8. The van der Waals surface area contributed by atoms with Gasteiger partial charge in [0.2, 0.25) is 0 Å². The summed E-state index contributed by atoms with van der Waals surface area (Å²) >= 11 is 1.67. The Hall–Kier alpha value is -3.18. The van der Waals surface area contributed by atoms with Gasteiger partial charge in [-0.25, -0.2) is 4.98 Å². The van der Waals surface area contributed by atoms with E-state index in [1.54, 1.807) is 11.3 Å². The van der Waals surface area contributed by atoms with Gasteiger partial charge >= 0.3 is 0 Å². The Labute approximate surface area is 167 Å². The molecular formula is C23H18N2O2S. The van der Waals surface area contributed by atoms with Gasteiger partial charge in [0.1, 0.15) is 17.4 Å². The maximum atomic E-state index is 5.93. The SMILES string of the molecule is C1=NOC(c2ccccc2)C1c1ccc(OCc2nc3ccccc3s2)cc1. The van der Waals surface area contributed by atoms with Gasteiger partial charge in [0.15, 0.2) is 6.10 Å². The standard InChI is InChI=1S/C23H18N2O2S/c1-2-6-17(7-3-1)23-19(14-24-27-23)16-10-12-18(13-11-16)26-15-22-25-20-8-4-5-9-21(20)28-22/h1-14,19,23H,15H2. The molecule has 0 bridgehead atoms. The van der Waals surface area contributed by atoms with E-state index in [0.29, 0.717) is 6.61 Å². The summed E-state index contributed by atoms with van der Waals surface area (Å²) in [7, 11) is 0. The number of para-hydroxylation sites is 1. The van der Waals surface area contributed by atoms with Crippen LogP contribution in [-0.4, -0.2) is 11.2 Å². The fraction of sp³-hybridized carbons (Fsp3) is 0.130. The first-order chi connectivity index (χ1) is 13.9. The maximum absolute atomic E-state index is 5.93. The molecule has 0 spiro atoms. The van der Waals surface area contributed by atoms with Crippen molar-refractivity contribution < 1.29 is 9.57 Å². The van der Waals surface area contributed by atoms with Crippen molar-refractivity contribution in [1.29, 1.82) is 0 Å². The monoisotopic (exact) mass is 386 g/mol. The summed E-state index contributed by atoms with van der Waals surface area (Å²) in [5.41, 5.74) is 3.30. The molecule has 28 heavy (non-hydrogen) atoms. The number of rotatable bonds is 5. The van der Waals surface area contributed by atoms with Crippen molar-refractivity contribution in [3.8, 4) is 5.75 Å². The highest BCUT2D eigenvalue weighted by Crippen LogP contribution is 2.37. The third-order valence-electron chi connectivity index (χ3n) is 4.82. The molecular weight excluding hydrogens is 368 g/mol. The summed E-state index contributed by atoms with van der Waals surface area (Å²) in [6.07, 6.45) is 1.78. The molecule has 4 aromatic rings. The number of ether oxygens (including phenoxy) is 1. The number of nitrogens with zero attached hydrogens (tertiary/aromatic N) is 2. The smallest absolute Gasteiger partial charge is 0.164 e. The van der Waals surface area contributed by atoms with Crippen molar-refractivity contribution in [2.45, 2.75) is 18.6 Å². The molecule has 1 aromatic heterocycles. The lowest BCUT2D eigenvalue weighted by atomic mass is 9.90. The molecule has 0 radical (unpaired) electrons. The van der Waals surface area contributed by atoms with Gasteiger partial charge in [-0.15, -0.1) is 11.3 Å². The van der Waals surface area contributed by atoms with E-state index in [9.17, 15) is 0 Å². The van der Waals surface area contributed by atoms with Crippen molar-refractivity contribution >= 4 is 27.8 Å². The van der Waals surface area contributed by atoms with Crippen LogP contribution in [-0.2, 0) is 11.4 Å². The highest BCUT2D eigenvalue weighted by atomic mass is 32.1. The minimum atomic E-state index is -0.0873. The molecule has 0 fully saturated rings. The van der Waals surface area contributed by atoms with Crippen LogP contribution >= 0.6 is 11.3 Å². The number of hydrogen-bond donors (Lipinski definition) is 0. The molecule has 2 heterocycles. The topological polar surface area (TPSA) is 43.7 Å². The second kappa shape index (κ2) is 7.44. The Morgan fingerprint density at radius 1 is 0.857 bits per heavy atom. The molecule has 0 amide bonds. The molecule has 4 nitrogen and oxygen atoms in total. The van der Waals surface area contributed by atoms with Crippen molar-refractivity contribution in [2.24, 2.45) is 5.16 Å². The molecule has 2 atom stereocenters. The highest BCUT2D eigenvalue weighted by molar-refractivity contribution is 7.18. The quantitative estimate of drug-likeness (QED) is 0.441. The van der Waals surface area contributed by atoms with E-state index in [1.165, 1.54) is 4.70 Å². The first-order valence-corrected chi connectivity index (χ1v) is 10.00. The maximum Gasteiger partial charge on any atom is 0.164 e. The Morgan fingerprint density at radius 3 is 2.46 bits per heavy atom. The zero-order valence-electron chi connectivity index (χ0n) is 15.1. The van der Waals surface area contributed by atoms with E-state index >= 15 is 0 Å². The van der Waals surface area contributed by atoms with E-state index < -0.39 is 0 Å². The second-order valence-corrected chi connectivity index (χ2v) is 7.77. The molecule has 0 saturated heterocycles. The largest absolute Gasteiger partial charge is 0.486 e. The predicted molar refractivity (Wildman–Crippen MR) is 112 cm³/mol. The van der Waals surface area contributed by atoms with Crippen LogP contribution < -0.4 is 4.74 Å². The second-order valence-electron chi connectivity index (χ2n) is 6.65. The molecule has 5 rings (SSSR count). The summed E-state index contributed by atoms with van der Waals surface area (Å²) in [6, 6.07) is 26.5. The molecule has 5 heteroatoms. The number of thiazole rings is 1. The van der Waals surface area contributed by atoms with Crippen molar-refractivity contribution in [3.63, 3.8) is 0 Å². The average Bonchev–Trinajstić information content (AvgIpc) is 3.40. The lowest BCUT2D eigenvalue weighted by Gasteiger charge is -2.17. The van der Waals surface area contributed by atoms with Crippen LogP contribution in [0.2, 0.25) is 0 Å². The minimum absolute atomic E-state index is 0.0873. The zero-order valence-corrected chi connectivity index (χ0v) is 15.9. The van der Waals surface area contributed by atoms with Gasteiger partial charge in [-0.2, -0.15) is 0 Å². The molecule has 1 aliphatic heterocycles.